The third-order valence-corrected chi connectivity index (χ3v) is 7.25. The first-order valence-corrected chi connectivity index (χ1v) is 13.4. The Kier molecular flexibility index (Phi) is 8.76. The second-order valence-corrected chi connectivity index (χ2v) is 10.4. The van der Waals surface area contributed by atoms with Gasteiger partial charge in [-0.25, -0.2) is 0 Å². The maximum atomic E-state index is 13.6. The van der Waals surface area contributed by atoms with Crippen molar-refractivity contribution < 1.29 is 14.3 Å². The minimum Gasteiger partial charge on any atom is -0.383 e. The highest BCUT2D eigenvalue weighted by molar-refractivity contribution is 6.09. The molecular formula is C29H39N7O3. The van der Waals surface area contributed by atoms with Crippen molar-refractivity contribution in [2.24, 2.45) is 10.4 Å². The minimum atomic E-state index is -0.832. The molecule has 0 spiro atoms. The highest BCUT2D eigenvalue weighted by atomic mass is 16.5. The second kappa shape index (κ2) is 12.0. The number of amides is 2. The predicted octanol–water partition coefficient (Wildman–Crippen LogP) is 3.60. The maximum absolute atomic E-state index is 13.6. The molecule has 1 aliphatic heterocycles. The largest absolute Gasteiger partial charge is 0.383 e. The van der Waals surface area contributed by atoms with Crippen LogP contribution < -0.4 is 16.0 Å². The molecule has 1 atom stereocenters. The number of nitrogens with one attached hydrogen (secondary N) is 3. The Morgan fingerprint density at radius 1 is 1.15 bits per heavy atom. The Hall–Kier alpha value is -3.63. The Bertz CT molecular complexity index is 1350. The molecule has 2 aliphatic rings. The molecule has 2 aromatic rings. The molecule has 0 bridgehead atoms. The fraction of sp³-hybridized carbons (Fsp3) is 0.483. The summed E-state index contributed by atoms with van der Waals surface area (Å²) >= 11 is 0. The molecule has 10 heteroatoms. The van der Waals surface area contributed by atoms with E-state index < -0.39 is 5.41 Å². The summed E-state index contributed by atoms with van der Waals surface area (Å²) in [7, 11) is 1.69. The van der Waals surface area contributed by atoms with Gasteiger partial charge in [0, 0.05) is 24.1 Å². The zero-order valence-electron chi connectivity index (χ0n) is 23.8. The number of aryl methyl sites for hydroxylation is 2. The van der Waals surface area contributed by atoms with Crippen molar-refractivity contribution in [1.29, 1.82) is 0 Å². The van der Waals surface area contributed by atoms with Gasteiger partial charge in [-0.3, -0.25) is 24.2 Å². The van der Waals surface area contributed by atoms with Crippen molar-refractivity contribution in [2.45, 2.75) is 54.0 Å². The lowest BCUT2D eigenvalue weighted by Crippen LogP contribution is -2.38. The van der Waals surface area contributed by atoms with Gasteiger partial charge in [0.05, 0.1) is 60.6 Å². The van der Waals surface area contributed by atoms with Crippen LogP contribution in [0, 0.1) is 26.2 Å². The normalized spacial score (nSPS) is 18.6. The molecule has 1 aliphatic carbocycles. The maximum Gasteiger partial charge on any atom is 0.238 e. The van der Waals surface area contributed by atoms with Gasteiger partial charge in [0.2, 0.25) is 11.8 Å². The van der Waals surface area contributed by atoms with E-state index in [2.05, 4.69) is 33.9 Å². The number of hydrogen-bond acceptors (Lipinski definition) is 7. The zero-order valence-corrected chi connectivity index (χ0v) is 23.8. The number of aromatic nitrogens is 3. The van der Waals surface area contributed by atoms with Crippen LogP contribution in [0.2, 0.25) is 0 Å². The van der Waals surface area contributed by atoms with Gasteiger partial charge in [0.15, 0.2) is 0 Å². The number of rotatable bonds is 10. The summed E-state index contributed by atoms with van der Waals surface area (Å²) in [6.45, 7) is 12.4. The summed E-state index contributed by atoms with van der Waals surface area (Å²) in [5, 5.41) is 13.6. The number of carbonyl (C=O) groups is 2. The van der Waals surface area contributed by atoms with Gasteiger partial charge >= 0.3 is 0 Å². The number of nitrogens with zero attached hydrogens (tertiary/aromatic N) is 4. The average Bonchev–Trinajstić information content (AvgIpc) is 3.20. The Balaban J connectivity index is 1.55. The van der Waals surface area contributed by atoms with Crippen molar-refractivity contribution >= 4 is 34.5 Å². The topological polar surface area (TPSA) is 123 Å². The summed E-state index contributed by atoms with van der Waals surface area (Å²) in [4.78, 5) is 34.9. The van der Waals surface area contributed by atoms with Crippen LogP contribution >= 0.6 is 0 Å². The molecule has 2 aromatic heterocycles. The van der Waals surface area contributed by atoms with E-state index in [0.29, 0.717) is 43.3 Å². The second-order valence-electron chi connectivity index (χ2n) is 10.4. The van der Waals surface area contributed by atoms with Gasteiger partial charge in [-0.2, -0.15) is 5.10 Å². The van der Waals surface area contributed by atoms with Crippen molar-refractivity contribution in [3.05, 3.63) is 52.6 Å². The molecule has 0 saturated heterocycles. The lowest BCUT2D eigenvalue weighted by molar-refractivity contribution is -0.122. The number of likely N-dealkylation sites (N-methyl/N-ethyl adjacent to an activating group) is 1. The molecule has 4 rings (SSSR count). The lowest BCUT2D eigenvalue weighted by atomic mass is 9.79. The van der Waals surface area contributed by atoms with Crippen molar-refractivity contribution in [3.8, 4) is 0 Å². The van der Waals surface area contributed by atoms with E-state index >= 15 is 0 Å². The number of aliphatic imine (C=N–C) groups is 1. The number of pyridine rings is 1. The summed E-state index contributed by atoms with van der Waals surface area (Å²) < 4.78 is 7.23. The summed E-state index contributed by atoms with van der Waals surface area (Å²) in [5.74, 6) is -0.334. The van der Waals surface area contributed by atoms with E-state index in [1.165, 1.54) is 5.57 Å². The van der Waals surface area contributed by atoms with Crippen LogP contribution in [0.15, 0.2) is 35.0 Å². The summed E-state index contributed by atoms with van der Waals surface area (Å²) in [6.07, 6.45) is 7.50. The number of anilines is 2. The van der Waals surface area contributed by atoms with E-state index in [-0.39, 0.29) is 18.4 Å². The highest BCUT2D eigenvalue weighted by Crippen LogP contribution is 2.37. The first-order valence-electron chi connectivity index (χ1n) is 13.4. The molecule has 0 radical (unpaired) electrons. The van der Waals surface area contributed by atoms with Gasteiger partial charge in [0.1, 0.15) is 0 Å². The fourth-order valence-electron chi connectivity index (χ4n) is 5.01. The van der Waals surface area contributed by atoms with Crippen molar-refractivity contribution in [3.63, 3.8) is 0 Å². The number of allylic oxidation sites excluding steroid dienone is 3. The van der Waals surface area contributed by atoms with E-state index in [1.54, 1.807) is 19.4 Å². The van der Waals surface area contributed by atoms with Crippen molar-refractivity contribution in [2.75, 3.05) is 44.0 Å². The van der Waals surface area contributed by atoms with Crippen molar-refractivity contribution in [1.82, 2.24) is 20.1 Å². The first-order chi connectivity index (χ1) is 18.6. The monoisotopic (exact) mass is 533 g/mol. The van der Waals surface area contributed by atoms with Crippen LogP contribution in [-0.4, -0.2) is 65.6 Å². The molecule has 3 heterocycles. The number of fused-ring (bicyclic) bond motifs is 1. The third kappa shape index (κ3) is 6.34. The Morgan fingerprint density at radius 2 is 1.95 bits per heavy atom. The first kappa shape index (κ1) is 28.4. The number of methoxy groups -OCH3 is 1. The number of carbonyl (C=O) groups excluding carboxylic acids is 2. The van der Waals surface area contributed by atoms with E-state index in [1.807, 2.05) is 38.5 Å². The molecular weight excluding hydrogens is 494 g/mol. The quantitative estimate of drug-likeness (QED) is 0.429. The lowest BCUT2D eigenvalue weighted by Gasteiger charge is -2.31. The van der Waals surface area contributed by atoms with Gasteiger partial charge in [0.25, 0.3) is 0 Å². The molecule has 0 saturated carbocycles. The smallest absolute Gasteiger partial charge is 0.238 e. The van der Waals surface area contributed by atoms with Gasteiger partial charge in [-0.15, -0.1) is 0 Å². The molecule has 0 aromatic carbocycles. The number of hydrogen-bond donors (Lipinski definition) is 3. The van der Waals surface area contributed by atoms with E-state index in [9.17, 15) is 9.59 Å². The van der Waals surface area contributed by atoms with Gasteiger partial charge < -0.3 is 20.7 Å². The Labute approximate surface area is 230 Å². The summed E-state index contributed by atoms with van der Waals surface area (Å²) in [6, 6.07) is 1.74. The van der Waals surface area contributed by atoms with Crippen LogP contribution in [0.3, 0.4) is 0 Å². The third-order valence-electron chi connectivity index (χ3n) is 7.25. The van der Waals surface area contributed by atoms with Gasteiger partial charge in [-0.05, 0) is 70.4 Å². The predicted molar refractivity (Wildman–Crippen MR) is 154 cm³/mol. The summed E-state index contributed by atoms with van der Waals surface area (Å²) in [5.41, 5.74) is 7.44. The fourth-order valence-corrected chi connectivity index (χ4v) is 5.01. The minimum absolute atomic E-state index is 0.166. The van der Waals surface area contributed by atoms with Crippen LogP contribution in [0.4, 0.5) is 11.4 Å². The van der Waals surface area contributed by atoms with Crippen LogP contribution in [-0.2, 0) is 20.9 Å². The molecule has 2 amide bonds. The van der Waals surface area contributed by atoms with E-state index in [0.717, 1.165) is 41.1 Å². The molecule has 10 nitrogen and oxygen atoms in total. The standard InChI is InChI=1S/C29H39N7O3/c1-7-30-16-26(37)33-23-13-25(18(2)31-15-23)34-28(38)29(5)14-22-12-21(8-9-24(22)32-17-29)27-19(3)35-36(20(27)4)10-11-39-6/h12-15,30H,7-11,16-17H2,1-6H3,(H,33,37)(H,34,38). The van der Waals surface area contributed by atoms with Crippen LogP contribution in [0.1, 0.15) is 49.3 Å². The number of dihydropyridines is 1. The van der Waals surface area contributed by atoms with Crippen LogP contribution in [0.25, 0.3) is 5.57 Å². The van der Waals surface area contributed by atoms with Crippen LogP contribution in [0.5, 0.6) is 0 Å². The highest BCUT2D eigenvalue weighted by Gasteiger charge is 2.36. The number of ether oxygens (including phenoxy) is 1. The molecule has 1 unspecified atom stereocenters. The molecule has 3 N–H and O–H groups in total. The molecule has 39 heavy (non-hydrogen) atoms. The average molecular weight is 534 g/mol. The van der Waals surface area contributed by atoms with E-state index in [4.69, 9.17) is 14.8 Å². The van der Waals surface area contributed by atoms with Gasteiger partial charge in [-0.1, -0.05) is 13.0 Å². The molecule has 208 valence electrons. The molecule has 0 fully saturated rings. The SMILES string of the molecule is CCNCC(=O)Nc1cnc(C)c(NC(=O)C2(C)C=C3C=C(c4c(C)nn(CCOC)c4C)CCC3=NC2)c1. The zero-order chi connectivity index (χ0) is 28.2. The Morgan fingerprint density at radius 3 is 2.69 bits per heavy atom.